The summed E-state index contributed by atoms with van der Waals surface area (Å²) in [6.45, 7) is 3.79. The molecule has 2 aromatic carbocycles. The molecule has 0 bridgehead atoms. The largest absolute Gasteiger partial charge is 0.350 e. The number of anilines is 2. The highest BCUT2D eigenvalue weighted by Gasteiger charge is 2.10. The lowest BCUT2D eigenvalue weighted by molar-refractivity contribution is 0.591. The van der Waals surface area contributed by atoms with Gasteiger partial charge in [-0.25, -0.2) is 8.78 Å². The molecule has 88 valence electrons. The molecular formula is C14H13F2N. The van der Waals surface area contributed by atoms with Crippen LogP contribution in [0.15, 0.2) is 36.4 Å². The van der Waals surface area contributed by atoms with Crippen LogP contribution in [0.1, 0.15) is 11.1 Å². The average Bonchev–Trinajstić information content (AvgIpc) is 2.27. The summed E-state index contributed by atoms with van der Waals surface area (Å²) in [5.41, 5.74) is 2.54. The molecule has 2 rings (SSSR count). The van der Waals surface area contributed by atoms with E-state index >= 15 is 0 Å². The molecule has 1 nitrogen and oxygen atoms in total. The number of para-hydroxylation sites is 2. The van der Waals surface area contributed by atoms with Gasteiger partial charge in [-0.3, -0.25) is 0 Å². The zero-order valence-corrected chi connectivity index (χ0v) is 9.72. The second-order valence-electron chi connectivity index (χ2n) is 3.99. The van der Waals surface area contributed by atoms with Crippen LogP contribution < -0.4 is 5.32 Å². The van der Waals surface area contributed by atoms with Crippen molar-refractivity contribution >= 4 is 11.4 Å². The third-order valence-electron chi connectivity index (χ3n) is 2.69. The van der Waals surface area contributed by atoms with E-state index in [4.69, 9.17) is 0 Å². The molecule has 0 aromatic heterocycles. The van der Waals surface area contributed by atoms with Crippen LogP contribution in [0, 0.1) is 25.5 Å². The van der Waals surface area contributed by atoms with Gasteiger partial charge in [0.2, 0.25) is 0 Å². The summed E-state index contributed by atoms with van der Waals surface area (Å²) in [6.07, 6.45) is 0. The van der Waals surface area contributed by atoms with E-state index < -0.39 is 11.6 Å². The number of rotatable bonds is 2. The van der Waals surface area contributed by atoms with Gasteiger partial charge in [-0.2, -0.15) is 0 Å². The Hall–Kier alpha value is -1.90. The molecular weight excluding hydrogens is 220 g/mol. The first-order chi connectivity index (χ1) is 8.09. The average molecular weight is 233 g/mol. The molecule has 0 radical (unpaired) electrons. The quantitative estimate of drug-likeness (QED) is 0.814. The molecule has 0 fully saturated rings. The summed E-state index contributed by atoms with van der Waals surface area (Å²) in [5.74, 6) is -1.18. The number of aryl methyl sites for hydroxylation is 2. The fraction of sp³-hybridized carbons (Fsp3) is 0.143. The Morgan fingerprint density at radius 3 is 1.76 bits per heavy atom. The number of nitrogens with one attached hydrogen (secondary N) is 1. The lowest BCUT2D eigenvalue weighted by atomic mass is 10.1. The lowest BCUT2D eigenvalue weighted by Crippen LogP contribution is -2.00. The maximum Gasteiger partial charge on any atom is 0.149 e. The van der Waals surface area contributed by atoms with E-state index in [0.717, 1.165) is 16.8 Å². The third-order valence-corrected chi connectivity index (χ3v) is 2.69. The fourth-order valence-electron chi connectivity index (χ4n) is 1.75. The lowest BCUT2D eigenvalue weighted by Gasteiger charge is -2.13. The molecule has 17 heavy (non-hydrogen) atoms. The fourth-order valence-corrected chi connectivity index (χ4v) is 1.75. The minimum absolute atomic E-state index is 0.107. The van der Waals surface area contributed by atoms with E-state index in [1.165, 1.54) is 18.2 Å². The highest BCUT2D eigenvalue weighted by molar-refractivity contribution is 5.67. The number of hydrogen-bond donors (Lipinski definition) is 1. The van der Waals surface area contributed by atoms with Gasteiger partial charge in [-0.05, 0) is 37.1 Å². The highest BCUT2D eigenvalue weighted by Crippen LogP contribution is 2.27. The van der Waals surface area contributed by atoms with Crippen LogP contribution in [0.25, 0.3) is 0 Å². The summed E-state index contributed by atoms with van der Waals surface area (Å²) in [6, 6.07) is 9.52. The second kappa shape index (κ2) is 4.53. The van der Waals surface area contributed by atoms with Gasteiger partial charge in [-0.15, -0.1) is 0 Å². The first-order valence-corrected chi connectivity index (χ1v) is 5.37. The SMILES string of the molecule is Cc1cccc(C)c1Nc1c(F)cccc1F. The van der Waals surface area contributed by atoms with E-state index in [1.54, 1.807) is 0 Å². The monoisotopic (exact) mass is 233 g/mol. The smallest absolute Gasteiger partial charge is 0.149 e. The Morgan fingerprint density at radius 2 is 1.24 bits per heavy atom. The molecule has 0 saturated carbocycles. The summed E-state index contributed by atoms with van der Waals surface area (Å²) in [7, 11) is 0. The standard InChI is InChI=1S/C14H13F2N/c1-9-5-3-6-10(2)13(9)17-14-11(15)7-4-8-12(14)16/h3-8,17H,1-2H3. The Bertz CT molecular complexity index is 460. The van der Waals surface area contributed by atoms with Gasteiger partial charge in [0.05, 0.1) is 0 Å². The minimum Gasteiger partial charge on any atom is -0.350 e. The van der Waals surface area contributed by atoms with E-state index in [9.17, 15) is 8.78 Å². The van der Waals surface area contributed by atoms with Gasteiger partial charge >= 0.3 is 0 Å². The zero-order valence-electron chi connectivity index (χ0n) is 9.72. The molecule has 0 saturated heterocycles. The van der Waals surface area contributed by atoms with Crippen molar-refractivity contribution in [1.82, 2.24) is 0 Å². The van der Waals surface area contributed by atoms with Crippen molar-refractivity contribution in [2.24, 2.45) is 0 Å². The maximum atomic E-state index is 13.5. The number of benzene rings is 2. The van der Waals surface area contributed by atoms with E-state index in [1.807, 2.05) is 32.0 Å². The van der Waals surface area contributed by atoms with Gasteiger partial charge in [0.1, 0.15) is 17.3 Å². The Labute approximate surface area is 99.1 Å². The predicted molar refractivity (Wildman–Crippen MR) is 65.6 cm³/mol. The van der Waals surface area contributed by atoms with Crippen molar-refractivity contribution < 1.29 is 8.78 Å². The number of hydrogen-bond acceptors (Lipinski definition) is 1. The van der Waals surface area contributed by atoms with Crippen molar-refractivity contribution in [3.63, 3.8) is 0 Å². The van der Waals surface area contributed by atoms with Crippen LogP contribution in [-0.4, -0.2) is 0 Å². The topological polar surface area (TPSA) is 12.0 Å². The first kappa shape index (κ1) is 11.6. The molecule has 3 heteroatoms. The van der Waals surface area contributed by atoms with Crippen molar-refractivity contribution in [1.29, 1.82) is 0 Å². The predicted octanol–water partition coefficient (Wildman–Crippen LogP) is 4.33. The van der Waals surface area contributed by atoms with Gasteiger partial charge < -0.3 is 5.32 Å². The molecule has 0 spiro atoms. The molecule has 2 aromatic rings. The molecule has 0 unspecified atom stereocenters. The Balaban J connectivity index is 2.45. The van der Waals surface area contributed by atoms with E-state index in [-0.39, 0.29) is 5.69 Å². The zero-order chi connectivity index (χ0) is 12.4. The molecule has 0 aliphatic carbocycles. The van der Waals surface area contributed by atoms with Crippen LogP contribution in [0.4, 0.5) is 20.2 Å². The second-order valence-corrected chi connectivity index (χ2v) is 3.99. The first-order valence-electron chi connectivity index (χ1n) is 5.37. The molecule has 0 atom stereocenters. The summed E-state index contributed by atoms with van der Waals surface area (Å²) in [5, 5.41) is 2.83. The molecule has 0 heterocycles. The van der Waals surface area contributed by atoms with Crippen LogP contribution in [-0.2, 0) is 0 Å². The Kier molecular flexibility index (Phi) is 3.09. The van der Waals surface area contributed by atoms with Gasteiger partial charge in [0.15, 0.2) is 0 Å². The van der Waals surface area contributed by atoms with E-state index in [0.29, 0.717) is 0 Å². The van der Waals surface area contributed by atoms with Gasteiger partial charge in [-0.1, -0.05) is 24.3 Å². The van der Waals surface area contributed by atoms with Crippen LogP contribution in [0.3, 0.4) is 0 Å². The van der Waals surface area contributed by atoms with Crippen molar-refractivity contribution in [3.8, 4) is 0 Å². The number of halogens is 2. The van der Waals surface area contributed by atoms with Gasteiger partial charge in [0, 0.05) is 5.69 Å². The van der Waals surface area contributed by atoms with Crippen molar-refractivity contribution in [3.05, 3.63) is 59.2 Å². The van der Waals surface area contributed by atoms with E-state index in [2.05, 4.69) is 5.32 Å². The third kappa shape index (κ3) is 2.28. The molecule has 1 N–H and O–H groups in total. The van der Waals surface area contributed by atoms with Crippen molar-refractivity contribution in [2.75, 3.05) is 5.32 Å². The molecule has 0 aliphatic rings. The van der Waals surface area contributed by atoms with Crippen LogP contribution in [0.5, 0.6) is 0 Å². The highest BCUT2D eigenvalue weighted by atomic mass is 19.1. The van der Waals surface area contributed by atoms with Gasteiger partial charge in [0.25, 0.3) is 0 Å². The summed E-state index contributed by atoms with van der Waals surface area (Å²) < 4.78 is 27.0. The Morgan fingerprint density at radius 1 is 0.765 bits per heavy atom. The minimum atomic E-state index is -0.590. The van der Waals surface area contributed by atoms with Crippen molar-refractivity contribution in [2.45, 2.75) is 13.8 Å². The molecule has 0 aliphatic heterocycles. The van der Waals surface area contributed by atoms with Crippen LogP contribution >= 0.6 is 0 Å². The van der Waals surface area contributed by atoms with Crippen LogP contribution in [0.2, 0.25) is 0 Å². The normalized spacial score (nSPS) is 10.4. The summed E-state index contributed by atoms with van der Waals surface area (Å²) >= 11 is 0. The maximum absolute atomic E-state index is 13.5. The summed E-state index contributed by atoms with van der Waals surface area (Å²) in [4.78, 5) is 0. The molecule has 0 amide bonds.